The summed E-state index contributed by atoms with van der Waals surface area (Å²) < 4.78 is 0. The lowest BCUT2D eigenvalue weighted by atomic mass is 9.93. The second-order valence-corrected chi connectivity index (χ2v) is 10.6. The van der Waals surface area contributed by atoms with E-state index in [4.69, 9.17) is 0 Å². The van der Waals surface area contributed by atoms with Crippen molar-refractivity contribution >= 4 is 39.9 Å². The lowest BCUT2D eigenvalue weighted by molar-refractivity contribution is -0.133. The fraction of sp³-hybridized carbons (Fsp3) is 0.417. The van der Waals surface area contributed by atoms with E-state index in [9.17, 15) is 19.6 Å². The minimum Gasteiger partial charge on any atom is -0.352 e. The second kappa shape index (κ2) is 8.87. The van der Waals surface area contributed by atoms with E-state index in [-0.39, 0.29) is 17.2 Å². The van der Waals surface area contributed by atoms with E-state index in [0.29, 0.717) is 34.9 Å². The Morgan fingerprint density at radius 1 is 1.21 bits per heavy atom. The molecule has 4 amide bonds. The Kier molecular flexibility index (Phi) is 6.52. The molecule has 1 aliphatic heterocycles. The summed E-state index contributed by atoms with van der Waals surface area (Å²) in [7, 11) is 0. The first-order chi connectivity index (χ1) is 15.3. The molecule has 2 heterocycles. The number of piperazine rings is 1. The van der Waals surface area contributed by atoms with E-state index in [2.05, 4.69) is 22.0 Å². The number of hydrogen-bond acceptors (Lipinski definition) is 5. The summed E-state index contributed by atoms with van der Waals surface area (Å²) in [5.41, 5.74) is 0.879. The molecular formula is C24H29N5O3S. The van der Waals surface area contributed by atoms with Crippen LogP contribution in [0.25, 0.3) is 0 Å². The standard InChI is InChI=1S/C24H29N5O3S/c1-14-7-8-16(11-15(14)13-25)27-22(32)28-19-17(12-18(33-19)23(2,3)4)20(30)29-10-9-26-21(31)24(29,5)6/h7-8,11-12H,9-10H2,1-6H3,(H,26,31)(H2,27,28,32). The minimum absolute atomic E-state index is 0.215. The van der Waals surface area contributed by atoms with Gasteiger partial charge >= 0.3 is 6.03 Å². The van der Waals surface area contributed by atoms with Crippen LogP contribution in [0.15, 0.2) is 24.3 Å². The molecule has 0 bridgehead atoms. The van der Waals surface area contributed by atoms with Crippen LogP contribution in [0.5, 0.6) is 0 Å². The van der Waals surface area contributed by atoms with Crippen LogP contribution < -0.4 is 16.0 Å². The summed E-state index contributed by atoms with van der Waals surface area (Å²) in [5.74, 6) is -0.521. The van der Waals surface area contributed by atoms with Gasteiger partial charge in [0.25, 0.3) is 5.91 Å². The summed E-state index contributed by atoms with van der Waals surface area (Å²) >= 11 is 1.34. The molecule has 1 fully saturated rings. The Balaban J connectivity index is 1.91. The Hall–Kier alpha value is -3.38. The van der Waals surface area contributed by atoms with Gasteiger partial charge in [0.2, 0.25) is 5.91 Å². The van der Waals surface area contributed by atoms with Gasteiger partial charge < -0.3 is 15.5 Å². The molecule has 3 rings (SSSR count). The average molecular weight is 468 g/mol. The van der Waals surface area contributed by atoms with E-state index in [1.807, 2.05) is 27.7 Å². The highest BCUT2D eigenvalue weighted by Gasteiger charge is 2.42. The van der Waals surface area contributed by atoms with E-state index in [0.717, 1.165) is 10.4 Å². The van der Waals surface area contributed by atoms with Crippen LogP contribution in [0.4, 0.5) is 15.5 Å². The molecule has 33 heavy (non-hydrogen) atoms. The van der Waals surface area contributed by atoms with Gasteiger partial charge in [-0.25, -0.2) is 4.79 Å². The monoisotopic (exact) mass is 467 g/mol. The Labute approximate surface area is 198 Å². The van der Waals surface area contributed by atoms with Crippen LogP contribution in [0.1, 0.15) is 61.0 Å². The Morgan fingerprint density at radius 3 is 2.55 bits per heavy atom. The van der Waals surface area contributed by atoms with Crippen LogP contribution in [-0.4, -0.2) is 41.4 Å². The van der Waals surface area contributed by atoms with Crippen molar-refractivity contribution in [3.8, 4) is 6.07 Å². The first-order valence-corrected chi connectivity index (χ1v) is 11.5. The number of carbonyl (C=O) groups is 3. The molecular weight excluding hydrogens is 438 g/mol. The number of amides is 4. The fourth-order valence-electron chi connectivity index (χ4n) is 3.50. The molecule has 0 saturated carbocycles. The van der Waals surface area contributed by atoms with Gasteiger partial charge in [0.05, 0.1) is 17.2 Å². The number of urea groups is 1. The Bertz CT molecular complexity index is 1150. The molecule has 1 aromatic heterocycles. The first-order valence-electron chi connectivity index (χ1n) is 10.7. The maximum absolute atomic E-state index is 13.5. The number of hydrogen-bond donors (Lipinski definition) is 3. The van der Waals surface area contributed by atoms with E-state index >= 15 is 0 Å². The van der Waals surface area contributed by atoms with Crippen molar-refractivity contribution < 1.29 is 14.4 Å². The molecule has 0 radical (unpaired) electrons. The van der Waals surface area contributed by atoms with Gasteiger partial charge in [0, 0.05) is 23.7 Å². The number of rotatable bonds is 3. The molecule has 0 unspecified atom stereocenters. The minimum atomic E-state index is -1.01. The van der Waals surface area contributed by atoms with Gasteiger partial charge in [-0.15, -0.1) is 11.3 Å². The number of carbonyl (C=O) groups excluding carboxylic acids is 3. The number of nitrogens with zero attached hydrogens (tertiary/aromatic N) is 2. The van der Waals surface area contributed by atoms with E-state index in [1.54, 1.807) is 43.0 Å². The molecule has 8 nitrogen and oxygen atoms in total. The third-order valence-corrected chi connectivity index (χ3v) is 7.12. The summed E-state index contributed by atoms with van der Waals surface area (Å²) in [6.45, 7) is 12.1. The van der Waals surface area contributed by atoms with Gasteiger partial charge in [-0.3, -0.25) is 14.9 Å². The highest BCUT2D eigenvalue weighted by atomic mass is 32.1. The summed E-state index contributed by atoms with van der Waals surface area (Å²) in [6.07, 6.45) is 0. The predicted octanol–water partition coefficient (Wildman–Crippen LogP) is 4.22. The van der Waals surface area contributed by atoms with Gasteiger partial charge in [-0.1, -0.05) is 26.8 Å². The molecule has 0 aliphatic carbocycles. The summed E-state index contributed by atoms with van der Waals surface area (Å²) in [6, 6.07) is 8.45. The molecule has 2 aromatic rings. The van der Waals surface area contributed by atoms with Crippen LogP contribution in [0.3, 0.4) is 0 Å². The number of aryl methyl sites for hydroxylation is 1. The molecule has 1 saturated heterocycles. The van der Waals surface area contributed by atoms with E-state index in [1.165, 1.54) is 11.3 Å². The summed E-state index contributed by atoms with van der Waals surface area (Å²) in [4.78, 5) is 41.1. The van der Waals surface area contributed by atoms with Crippen LogP contribution in [-0.2, 0) is 10.2 Å². The highest BCUT2D eigenvalue weighted by molar-refractivity contribution is 7.16. The van der Waals surface area contributed by atoms with Gasteiger partial charge in [0.1, 0.15) is 10.5 Å². The lowest BCUT2D eigenvalue weighted by Crippen LogP contribution is -2.63. The summed E-state index contributed by atoms with van der Waals surface area (Å²) in [5, 5.41) is 18.0. The van der Waals surface area contributed by atoms with Crippen molar-refractivity contribution in [3.63, 3.8) is 0 Å². The third-order valence-electron chi connectivity index (χ3n) is 5.64. The zero-order valence-corrected chi connectivity index (χ0v) is 20.6. The smallest absolute Gasteiger partial charge is 0.324 e. The lowest BCUT2D eigenvalue weighted by Gasteiger charge is -2.41. The van der Waals surface area contributed by atoms with E-state index < -0.39 is 11.6 Å². The predicted molar refractivity (Wildman–Crippen MR) is 130 cm³/mol. The maximum atomic E-state index is 13.5. The molecule has 0 atom stereocenters. The zero-order chi connectivity index (χ0) is 24.6. The normalized spacial score (nSPS) is 15.4. The number of benzene rings is 1. The molecule has 0 spiro atoms. The topological polar surface area (TPSA) is 114 Å². The van der Waals surface area contributed by atoms with Crippen LogP contribution in [0, 0.1) is 18.3 Å². The largest absolute Gasteiger partial charge is 0.352 e. The quantitative estimate of drug-likeness (QED) is 0.627. The van der Waals surface area contributed by atoms with Crippen molar-refractivity contribution in [3.05, 3.63) is 45.8 Å². The van der Waals surface area contributed by atoms with Crippen molar-refractivity contribution in [1.29, 1.82) is 5.26 Å². The van der Waals surface area contributed by atoms with Crippen LogP contribution in [0.2, 0.25) is 0 Å². The van der Waals surface area contributed by atoms with Crippen molar-refractivity contribution in [2.45, 2.75) is 52.5 Å². The average Bonchev–Trinajstić information content (AvgIpc) is 3.15. The third kappa shape index (κ3) is 5.01. The number of nitriles is 1. The van der Waals surface area contributed by atoms with Crippen molar-refractivity contribution in [1.82, 2.24) is 10.2 Å². The van der Waals surface area contributed by atoms with Crippen molar-refractivity contribution in [2.24, 2.45) is 0 Å². The first kappa shape index (κ1) is 24.3. The number of thiophene rings is 1. The van der Waals surface area contributed by atoms with Crippen molar-refractivity contribution in [2.75, 3.05) is 23.7 Å². The highest BCUT2D eigenvalue weighted by Crippen LogP contribution is 2.37. The molecule has 1 aliphatic rings. The fourth-order valence-corrected chi connectivity index (χ4v) is 4.60. The number of nitrogens with one attached hydrogen (secondary N) is 3. The zero-order valence-electron chi connectivity index (χ0n) is 19.8. The molecule has 3 N–H and O–H groups in total. The maximum Gasteiger partial charge on any atom is 0.324 e. The SMILES string of the molecule is Cc1ccc(NC(=O)Nc2sc(C(C)(C)C)cc2C(=O)N2CCNC(=O)C2(C)C)cc1C#N. The van der Waals surface area contributed by atoms with Crippen LogP contribution >= 0.6 is 11.3 Å². The molecule has 9 heteroatoms. The van der Waals surface area contributed by atoms with Gasteiger partial charge in [0.15, 0.2) is 0 Å². The number of anilines is 2. The van der Waals surface area contributed by atoms with Gasteiger partial charge in [-0.05, 0) is 49.9 Å². The van der Waals surface area contributed by atoms with Gasteiger partial charge in [-0.2, -0.15) is 5.26 Å². The molecule has 174 valence electrons. The molecule has 1 aromatic carbocycles. The Morgan fingerprint density at radius 2 is 1.91 bits per heavy atom. The second-order valence-electron chi connectivity index (χ2n) is 9.60.